The molecule has 9 heteroatoms. The zero-order valence-electron chi connectivity index (χ0n) is 15.1. The van der Waals surface area contributed by atoms with Crippen LogP contribution in [0.3, 0.4) is 0 Å². The molecule has 0 unspecified atom stereocenters. The number of nitrogens with one attached hydrogen (secondary N) is 1. The van der Waals surface area contributed by atoms with Crippen molar-refractivity contribution in [1.82, 2.24) is 30.6 Å². The van der Waals surface area contributed by atoms with Gasteiger partial charge in [0.2, 0.25) is 23.5 Å². The highest BCUT2D eigenvalue weighted by molar-refractivity contribution is 5.74. The maximum atomic E-state index is 12.3. The molecule has 0 aliphatic carbocycles. The third-order valence-electron chi connectivity index (χ3n) is 3.75. The molecule has 1 N–H and O–H groups in total. The number of hydrogen-bond donors (Lipinski definition) is 1. The summed E-state index contributed by atoms with van der Waals surface area (Å²) in [6.45, 7) is 5.68. The van der Waals surface area contributed by atoms with E-state index in [0.717, 1.165) is 11.1 Å². The maximum Gasteiger partial charge on any atom is 0.318 e. The average Bonchev–Trinajstić information content (AvgIpc) is 3.25. The molecule has 0 fully saturated rings. The van der Waals surface area contributed by atoms with Crippen LogP contribution < -0.4 is 5.32 Å². The Hall–Kier alpha value is -3.23. The van der Waals surface area contributed by atoms with Crippen LogP contribution in [0, 0.1) is 13.8 Å². The second-order valence-corrected chi connectivity index (χ2v) is 6.06. The summed E-state index contributed by atoms with van der Waals surface area (Å²) in [5, 5.41) is 14.4. The van der Waals surface area contributed by atoms with Crippen LogP contribution in [0.5, 0.6) is 0 Å². The molecule has 1 atom stereocenters. The zero-order valence-corrected chi connectivity index (χ0v) is 15.1. The highest BCUT2D eigenvalue weighted by Crippen LogP contribution is 2.19. The van der Waals surface area contributed by atoms with E-state index in [2.05, 4.69) is 25.7 Å². The molecule has 3 aromatic rings. The minimum atomic E-state index is -0.443. The predicted octanol–water partition coefficient (Wildman–Crippen LogP) is 2.64. The van der Waals surface area contributed by atoms with Crippen molar-refractivity contribution in [3.05, 3.63) is 47.5 Å². The normalized spacial score (nSPS) is 12.0. The summed E-state index contributed by atoms with van der Waals surface area (Å²) >= 11 is 0. The average molecular weight is 356 g/mol. The quantitative estimate of drug-likeness (QED) is 0.748. The van der Waals surface area contributed by atoms with Crippen molar-refractivity contribution >= 4 is 6.03 Å². The number of aromatic nitrogens is 4. The van der Waals surface area contributed by atoms with Gasteiger partial charge in [0.25, 0.3) is 0 Å². The third kappa shape index (κ3) is 4.05. The molecule has 0 aliphatic rings. The number of carbonyl (C=O) groups excluding carboxylic acids is 1. The lowest BCUT2D eigenvalue weighted by molar-refractivity contribution is 0.195. The molecule has 0 spiro atoms. The number of benzene rings is 1. The fourth-order valence-electron chi connectivity index (χ4n) is 2.26. The van der Waals surface area contributed by atoms with E-state index >= 15 is 0 Å². The molecular weight excluding hydrogens is 336 g/mol. The predicted molar refractivity (Wildman–Crippen MR) is 91.9 cm³/mol. The van der Waals surface area contributed by atoms with Gasteiger partial charge in [-0.3, -0.25) is 0 Å². The van der Waals surface area contributed by atoms with Gasteiger partial charge in [-0.15, -0.1) is 10.2 Å². The van der Waals surface area contributed by atoms with Crippen LogP contribution >= 0.6 is 0 Å². The molecule has 2 aromatic heterocycles. The lowest BCUT2D eigenvalue weighted by Gasteiger charge is -2.18. The number of urea groups is 1. The Morgan fingerprint density at radius 3 is 2.62 bits per heavy atom. The zero-order chi connectivity index (χ0) is 18.7. The summed E-state index contributed by atoms with van der Waals surface area (Å²) in [6.07, 6.45) is 0. The van der Waals surface area contributed by atoms with E-state index in [4.69, 9.17) is 8.94 Å². The summed E-state index contributed by atoms with van der Waals surface area (Å²) in [5.41, 5.74) is 2.01. The number of amides is 2. The van der Waals surface area contributed by atoms with Crippen molar-refractivity contribution in [3.63, 3.8) is 0 Å². The van der Waals surface area contributed by atoms with Gasteiger partial charge in [-0.05, 0) is 13.8 Å². The van der Waals surface area contributed by atoms with Crippen LogP contribution in [0.1, 0.15) is 36.2 Å². The van der Waals surface area contributed by atoms with Crippen molar-refractivity contribution in [3.8, 4) is 11.4 Å². The van der Waals surface area contributed by atoms with Crippen molar-refractivity contribution in [1.29, 1.82) is 0 Å². The highest BCUT2D eigenvalue weighted by Gasteiger charge is 2.20. The molecular formula is C17H20N6O3. The number of nitrogens with zero attached hydrogens (tertiary/aromatic N) is 5. The van der Waals surface area contributed by atoms with E-state index < -0.39 is 6.04 Å². The Labute approximate surface area is 150 Å². The summed E-state index contributed by atoms with van der Waals surface area (Å²) in [6, 6.07) is 7.04. The molecule has 1 aromatic carbocycles. The van der Waals surface area contributed by atoms with Gasteiger partial charge in [0.05, 0.1) is 0 Å². The third-order valence-corrected chi connectivity index (χ3v) is 3.75. The minimum Gasteiger partial charge on any atom is -0.424 e. The van der Waals surface area contributed by atoms with Gasteiger partial charge in [-0.1, -0.05) is 35.0 Å². The molecule has 26 heavy (non-hydrogen) atoms. The van der Waals surface area contributed by atoms with Gasteiger partial charge in [0, 0.05) is 19.5 Å². The Morgan fingerprint density at radius 2 is 1.96 bits per heavy atom. The standard InChI is InChI=1S/C17H20N6O3/c1-10-5-7-13(8-6-10)15-19-16(26-22-15)11(2)18-17(24)23(4)9-14-21-20-12(3)25-14/h5-8,11H,9H2,1-4H3,(H,18,24)/t11-/m0/s1. The number of aryl methyl sites for hydroxylation is 2. The monoisotopic (exact) mass is 356 g/mol. The highest BCUT2D eigenvalue weighted by atomic mass is 16.5. The number of carbonyl (C=O) groups is 1. The maximum absolute atomic E-state index is 12.3. The largest absolute Gasteiger partial charge is 0.424 e. The van der Waals surface area contributed by atoms with Crippen LogP contribution in [-0.2, 0) is 6.54 Å². The Morgan fingerprint density at radius 1 is 1.23 bits per heavy atom. The molecule has 2 heterocycles. The minimum absolute atomic E-state index is 0.206. The van der Waals surface area contributed by atoms with E-state index in [9.17, 15) is 4.79 Å². The lowest BCUT2D eigenvalue weighted by atomic mass is 10.1. The molecule has 2 amide bonds. The summed E-state index contributed by atoms with van der Waals surface area (Å²) in [4.78, 5) is 18.1. The summed E-state index contributed by atoms with van der Waals surface area (Å²) in [7, 11) is 1.63. The second kappa shape index (κ2) is 7.34. The summed E-state index contributed by atoms with van der Waals surface area (Å²) < 4.78 is 10.5. The van der Waals surface area contributed by atoms with Crippen LogP contribution in [0.4, 0.5) is 4.79 Å². The molecule has 0 aliphatic heterocycles. The second-order valence-electron chi connectivity index (χ2n) is 6.06. The van der Waals surface area contributed by atoms with E-state index in [1.165, 1.54) is 4.90 Å². The van der Waals surface area contributed by atoms with Gasteiger partial charge in [0.15, 0.2) is 0 Å². The van der Waals surface area contributed by atoms with Gasteiger partial charge in [-0.2, -0.15) is 4.98 Å². The lowest BCUT2D eigenvalue weighted by Crippen LogP contribution is -2.38. The van der Waals surface area contributed by atoms with Crippen molar-refractivity contribution < 1.29 is 13.7 Å². The van der Waals surface area contributed by atoms with E-state index in [1.807, 2.05) is 31.2 Å². The van der Waals surface area contributed by atoms with Gasteiger partial charge >= 0.3 is 6.03 Å². The molecule has 136 valence electrons. The van der Waals surface area contributed by atoms with Crippen molar-refractivity contribution in [2.45, 2.75) is 33.4 Å². The fourth-order valence-corrected chi connectivity index (χ4v) is 2.26. The van der Waals surface area contributed by atoms with Crippen molar-refractivity contribution in [2.24, 2.45) is 0 Å². The van der Waals surface area contributed by atoms with Crippen LogP contribution in [0.15, 0.2) is 33.2 Å². The van der Waals surface area contributed by atoms with Crippen LogP contribution in [0.2, 0.25) is 0 Å². The first-order valence-electron chi connectivity index (χ1n) is 8.13. The molecule has 0 radical (unpaired) electrons. The Bertz CT molecular complexity index is 886. The molecule has 0 saturated carbocycles. The fraction of sp³-hybridized carbons (Fsp3) is 0.353. The first kappa shape index (κ1) is 17.6. The first-order valence-corrected chi connectivity index (χ1v) is 8.13. The van der Waals surface area contributed by atoms with Crippen molar-refractivity contribution in [2.75, 3.05) is 7.05 Å². The van der Waals surface area contributed by atoms with Gasteiger partial charge < -0.3 is 19.2 Å². The van der Waals surface area contributed by atoms with E-state index in [-0.39, 0.29) is 12.6 Å². The Kier molecular flexibility index (Phi) is 4.97. The Balaban J connectivity index is 1.61. The topological polar surface area (TPSA) is 110 Å². The first-order chi connectivity index (χ1) is 12.4. The summed E-state index contributed by atoms with van der Waals surface area (Å²) in [5.74, 6) is 1.63. The number of hydrogen-bond acceptors (Lipinski definition) is 7. The van der Waals surface area contributed by atoms with E-state index in [0.29, 0.717) is 23.5 Å². The van der Waals surface area contributed by atoms with Gasteiger partial charge in [-0.25, -0.2) is 4.79 Å². The SMILES string of the molecule is Cc1ccc(-c2noc([C@H](C)NC(=O)N(C)Cc3nnc(C)o3)n2)cc1. The molecule has 3 rings (SSSR count). The molecule has 0 saturated heterocycles. The van der Waals surface area contributed by atoms with E-state index in [1.54, 1.807) is 20.9 Å². The molecule has 9 nitrogen and oxygen atoms in total. The molecule has 0 bridgehead atoms. The van der Waals surface area contributed by atoms with Crippen LogP contribution in [-0.4, -0.2) is 38.3 Å². The number of rotatable bonds is 5. The van der Waals surface area contributed by atoms with Gasteiger partial charge in [0.1, 0.15) is 12.6 Å². The van der Waals surface area contributed by atoms with Crippen LogP contribution in [0.25, 0.3) is 11.4 Å². The smallest absolute Gasteiger partial charge is 0.318 e.